The third-order valence-corrected chi connectivity index (χ3v) is 6.52. The van der Waals surface area contributed by atoms with Crippen molar-refractivity contribution in [1.82, 2.24) is 4.98 Å². The van der Waals surface area contributed by atoms with Crippen LogP contribution in [0, 0.1) is 13.8 Å². The first-order chi connectivity index (χ1) is 13.4. The Morgan fingerprint density at radius 3 is 2.48 bits per heavy atom. The number of fused-ring (bicyclic) bond motifs is 3. The normalized spacial score (nSPS) is 12.3. The summed E-state index contributed by atoms with van der Waals surface area (Å²) in [5.41, 5.74) is 11.6. The second-order valence-electron chi connectivity index (χ2n) is 7.45. The maximum atomic E-state index is 12.6. The fourth-order valence-electron chi connectivity index (χ4n) is 3.93. The van der Waals surface area contributed by atoms with Gasteiger partial charge in [-0.1, -0.05) is 37.3 Å². The van der Waals surface area contributed by atoms with Crippen LogP contribution in [-0.4, -0.2) is 16.6 Å². The largest absolute Gasteiger partial charge is 0.392 e. The highest BCUT2D eigenvalue weighted by molar-refractivity contribution is 7.19. The molecular weight excluding hydrogens is 404 g/mol. The topological polar surface area (TPSA) is 79.1 Å². The molecule has 0 aliphatic rings. The Bertz CT molecular complexity index is 1240. The monoisotopic (exact) mass is 428 g/mol. The van der Waals surface area contributed by atoms with Crippen LogP contribution < -0.4 is 11.3 Å². The van der Waals surface area contributed by atoms with Crippen molar-refractivity contribution < 1.29 is 5.11 Å². The van der Waals surface area contributed by atoms with Crippen LogP contribution in [0.15, 0.2) is 41.2 Å². The molecule has 152 valence electrons. The molecule has 0 spiro atoms. The molecule has 2 aromatic heterocycles. The van der Waals surface area contributed by atoms with E-state index in [0.717, 1.165) is 48.1 Å². The molecule has 0 aliphatic heterocycles. The average Bonchev–Trinajstić information content (AvgIpc) is 3.10. The number of nitrogens with two attached hydrogens (primary N) is 1. The summed E-state index contributed by atoms with van der Waals surface area (Å²) in [5.74, 6) is 0.295. The van der Waals surface area contributed by atoms with Gasteiger partial charge < -0.3 is 15.8 Å². The van der Waals surface area contributed by atoms with Crippen LogP contribution in [0.5, 0.6) is 0 Å². The first-order valence-corrected chi connectivity index (χ1v) is 10.3. The summed E-state index contributed by atoms with van der Waals surface area (Å²) in [4.78, 5) is 16.8. The van der Waals surface area contributed by atoms with Gasteiger partial charge in [0.1, 0.15) is 4.70 Å². The van der Waals surface area contributed by atoms with Crippen molar-refractivity contribution in [2.24, 2.45) is 5.73 Å². The number of hydrogen-bond donors (Lipinski definition) is 3. The fraction of sp³-hybridized carbons (Fsp3) is 0.261. The van der Waals surface area contributed by atoms with Gasteiger partial charge in [-0.05, 0) is 60.2 Å². The average molecular weight is 429 g/mol. The second kappa shape index (κ2) is 8.28. The van der Waals surface area contributed by atoms with E-state index >= 15 is 0 Å². The summed E-state index contributed by atoms with van der Waals surface area (Å²) in [6.45, 7) is 6.64. The van der Waals surface area contributed by atoms with Gasteiger partial charge in [-0.3, -0.25) is 4.79 Å². The van der Waals surface area contributed by atoms with E-state index in [4.69, 9.17) is 5.73 Å². The number of aliphatic hydroxyl groups excluding tert-OH is 1. The zero-order valence-electron chi connectivity index (χ0n) is 16.7. The van der Waals surface area contributed by atoms with E-state index < -0.39 is 0 Å². The molecule has 2 heterocycles. The van der Waals surface area contributed by atoms with E-state index in [0.29, 0.717) is 12.5 Å². The Kier molecular flexibility index (Phi) is 6.15. The van der Waals surface area contributed by atoms with Gasteiger partial charge in [0.2, 0.25) is 0 Å². The number of benzene rings is 2. The molecule has 2 aromatic carbocycles. The Hall–Kier alpha value is -2.18. The molecule has 4 rings (SSSR count). The standard InChI is InChI=1S/C23H24N2O2S.ClH/c1-12-8-17(11-26)19(16-6-4-15(5-7-16)13(2)10-24)20-18-9-14(3)28-22(18)23(27)25-21(12)20;/h4-9,13,26H,10-11,24H2,1-3H3,(H,25,27);1H/t13-;/m0./s1. The molecule has 1 atom stereocenters. The lowest BCUT2D eigenvalue weighted by Gasteiger charge is -2.16. The highest BCUT2D eigenvalue weighted by Gasteiger charge is 2.18. The summed E-state index contributed by atoms with van der Waals surface area (Å²) in [5, 5.41) is 12.0. The minimum atomic E-state index is -0.0587. The minimum absolute atomic E-state index is 0. The van der Waals surface area contributed by atoms with Gasteiger partial charge in [0.05, 0.1) is 12.1 Å². The lowest BCUT2D eigenvalue weighted by atomic mass is 9.90. The van der Waals surface area contributed by atoms with Crippen molar-refractivity contribution >= 4 is 44.7 Å². The number of H-pyrrole nitrogens is 1. The number of hydrogen-bond acceptors (Lipinski definition) is 4. The molecule has 0 saturated heterocycles. The lowest BCUT2D eigenvalue weighted by molar-refractivity contribution is 0.282. The Morgan fingerprint density at radius 2 is 1.86 bits per heavy atom. The van der Waals surface area contributed by atoms with E-state index in [1.165, 1.54) is 16.9 Å². The number of aryl methyl sites for hydroxylation is 2. The summed E-state index contributed by atoms with van der Waals surface area (Å²) in [6.07, 6.45) is 0. The number of aliphatic hydroxyl groups is 1. The van der Waals surface area contributed by atoms with Crippen LogP contribution in [-0.2, 0) is 6.61 Å². The van der Waals surface area contributed by atoms with Gasteiger partial charge in [-0.2, -0.15) is 0 Å². The highest BCUT2D eigenvalue weighted by Crippen LogP contribution is 2.39. The van der Waals surface area contributed by atoms with E-state index in [2.05, 4.69) is 42.2 Å². The Morgan fingerprint density at radius 1 is 1.17 bits per heavy atom. The molecule has 0 radical (unpaired) electrons. The fourth-order valence-corrected chi connectivity index (χ4v) is 4.84. The van der Waals surface area contributed by atoms with Crippen molar-refractivity contribution in [3.05, 3.63) is 68.3 Å². The third kappa shape index (κ3) is 3.60. The quantitative estimate of drug-likeness (QED) is 0.427. The lowest BCUT2D eigenvalue weighted by Crippen LogP contribution is -2.08. The van der Waals surface area contributed by atoms with Crippen LogP contribution in [0.3, 0.4) is 0 Å². The molecule has 4 aromatic rings. The highest BCUT2D eigenvalue weighted by atomic mass is 35.5. The van der Waals surface area contributed by atoms with Crippen LogP contribution in [0.25, 0.3) is 32.1 Å². The van der Waals surface area contributed by atoms with Crippen molar-refractivity contribution in [3.8, 4) is 11.1 Å². The molecule has 6 heteroatoms. The van der Waals surface area contributed by atoms with E-state index in [-0.39, 0.29) is 24.6 Å². The molecular formula is C23H25ClN2O2S. The number of pyridine rings is 1. The molecule has 0 bridgehead atoms. The van der Waals surface area contributed by atoms with Gasteiger partial charge in [0, 0.05) is 15.6 Å². The Balaban J connectivity index is 0.00000240. The second-order valence-corrected chi connectivity index (χ2v) is 8.70. The molecule has 4 nitrogen and oxygen atoms in total. The van der Waals surface area contributed by atoms with Gasteiger partial charge in [-0.25, -0.2) is 0 Å². The summed E-state index contributed by atoms with van der Waals surface area (Å²) in [7, 11) is 0. The molecule has 0 saturated carbocycles. The van der Waals surface area contributed by atoms with Gasteiger partial charge in [0.15, 0.2) is 0 Å². The van der Waals surface area contributed by atoms with E-state index in [1.807, 2.05) is 19.9 Å². The predicted octanol–water partition coefficient (Wildman–Crippen LogP) is 5.00. The van der Waals surface area contributed by atoms with Crippen LogP contribution in [0.4, 0.5) is 0 Å². The summed E-state index contributed by atoms with van der Waals surface area (Å²) >= 11 is 1.51. The van der Waals surface area contributed by atoms with E-state index in [1.54, 1.807) is 0 Å². The zero-order chi connectivity index (χ0) is 20.0. The molecule has 0 amide bonds. The SMILES string of the molecule is Cc1cc2c(s1)c(=O)[nH]c1c(C)cc(CO)c(-c3ccc([C@@H](C)CN)cc3)c12.Cl. The Labute approximate surface area is 179 Å². The number of thiophene rings is 1. The molecule has 4 N–H and O–H groups in total. The van der Waals surface area contributed by atoms with Gasteiger partial charge in [-0.15, -0.1) is 23.7 Å². The third-order valence-electron chi connectivity index (χ3n) is 5.47. The minimum Gasteiger partial charge on any atom is -0.392 e. The zero-order valence-corrected chi connectivity index (χ0v) is 18.3. The van der Waals surface area contributed by atoms with Crippen LogP contribution in [0.2, 0.25) is 0 Å². The van der Waals surface area contributed by atoms with Crippen molar-refractivity contribution in [2.45, 2.75) is 33.3 Å². The number of halogens is 1. The van der Waals surface area contributed by atoms with Crippen LogP contribution in [0.1, 0.15) is 34.4 Å². The number of aromatic nitrogens is 1. The van der Waals surface area contributed by atoms with Gasteiger partial charge in [0.25, 0.3) is 5.56 Å². The van der Waals surface area contributed by atoms with Gasteiger partial charge >= 0.3 is 0 Å². The summed E-state index contributed by atoms with van der Waals surface area (Å²) < 4.78 is 0.731. The van der Waals surface area contributed by atoms with Crippen molar-refractivity contribution in [3.63, 3.8) is 0 Å². The summed E-state index contributed by atoms with van der Waals surface area (Å²) in [6, 6.07) is 12.4. The maximum Gasteiger partial charge on any atom is 0.266 e. The first kappa shape index (κ1) is 21.5. The number of aromatic amines is 1. The smallest absolute Gasteiger partial charge is 0.266 e. The maximum absolute atomic E-state index is 12.6. The number of rotatable bonds is 4. The molecule has 0 fully saturated rings. The van der Waals surface area contributed by atoms with E-state index in [9.17, 15) is 9.90 Å². The molecule has 29 heavy (non-hydrogen) atoms. The number of nitrogens with one attached hydrogen (secondary N) is 1. The first-order valence-electron chi connectivity index (χ1n) is 9.44. The predicted molar refractivity (Wildman–Crippen MR) is 126 cm³/mol. The molecule has 0 aliphatic carbocycles. The van der Waals surface area contributed by atoms with Crippen LogP contribution >= 0.6 is 23.7 Å². The van der Waals surface area contributed by atoms with Crippen molar-refractivity contribution in [2.75, 3.05) is 6.54 Å². The van der Waals surface area contributed by atoms with Crippen molar-refractivity contribution in [1.29, 1.82) is 0 Å². The molecule has 0 unspecified atom stereocenters.